The lowest BCUT2D eigenvalue weighted by Crippen LogP contribution is -2.36. The predicted octanol–water partition coefficient (Wildman–Crippen LogP) is 4.39. The first-order chi connectivity index (χ1) is 14.5. The van der Waals surface area contributed by atoms with Crippen LogP contribution in [0.1, 0.15) is 5.56 Å². The number of hydrogen-bond donors (Lipinski definition) is 2. The highest BCUT2D eigenvalue weighted by Gasteiger charge is 2.18. The second-order valence-electron chi connectivity index (χ2n) is 7.18. The van der Waals surface area contributed by atoms with Crippen LogP contribution in [0.4, 0.5) is 17.1 Å². The Morgan fingerprint density at radius 3 is 2.57 bits per heavy atom. The van der Waals surface area contributed by atoms with E-state index in [1.165, 1.54) is 16.7 Å². The van der Waals surface area contributed by atoms with Gasteiger partial charge in [0.1, 0.15) is 0 Å². The maximum atomic E-state index is 12.5. The molecule has 0 aliphatic carbocycles. The Labute approximate surface area is 179 Å². The van der Waals surface area contributed by atoms with E-state index in [1.807, 2.05) is 55.5 Å². The first-order valence-corrected chi connectivity index (χ1v) is 10.6. The van der Waals surface area contributed by atoms with Crippen LogP contribution >= 0.6 is 11.8 Å². The zero-order valence-electron chi connectivity index (χ0n) is 16.8. The van der Waals surface area contributed by atoms with E-state index in [9.17, 15) is 9.59 Å². The summed E-state index contributed by atoms with van der Waals surface area (Å²) in [5.41, 5.74) is 3.71. The van der Waals surface area contributed by atoms with Crippen molar-refractivity contribution in [3.8, 4) is 0 Å². The van der Waals surface area contributed by atoms with Gasteiger partial charge in [0, 0.05) is 18.1 Å². The Morgan fingerprint density at radius 2 is 1.80 bits per heavy atom. The summed E-state index contributed by atoms with van der Waals surface area (Å²) in [6, 6.07) is 19.6. The predicted molar refractivity (Wildman–Crippen MR) is 125 cm³/mol. The molecule has 0 aromatic heterocycles. The fourth-order valence-electron chi connectivity index (χ4n) is 3.22. The van der Waals surface area contributed by atoms with Crippen molar-refractivity contribution in [1.82, 2.24) is 4.90 Å². The number of aliphatic imine (C=N–C) groups is 1. The van der Waals surface area contributed by atoms with Gasteiger partial charge in [0.15, 0.2) is 5.17 Å². The van der Waals surface area contributed by atoms with Crippen LogP contribution in [-0.2, 0) is 9.59 Å². The molecule has 0 bridgehead atoms. The Morgan fingerprint density at radius 1 is 1.07 bits per heavy atom. The van der Waals surface area contributed by atoms with Crippen LogP contribution in [0.2, 0.25) is 0 Å². The third-order valence-corrected chi connectivity index (χ3v) is 5.68. The summed E-state index contributed by atoms with van der Waals surface area (Å²) in [6.07, 6.45) is 0. The zero-order valence-corrected chi connectivity index (χ0v) is 17.6. The Balaban J connectivity index is 1.33. The largest absolute Gasteiger partial charge is 0.336 e. The molecule has 0 saturated heterocycles. The molecule has 4 rings (SSSR count). The second-order valence-corrected chi connectivity index (χ2v) is 8.14. The summed E-state index contributed by atoms with van der Waals surface area (Å²) < 4.78 is 0. The molecule has 30 heavy (non-hydrogen) atoms. The van der Waals surface area contributed by atoms with E-state index in [2.05, 4.69) is 27.8 Å². The summed E-state index contributed by atoms with van der Waals surface area (Å²) >= 11 is 1.33. The first-order valence-electron chi connectivity index (χ1n) is 9.60. The number of rotatable bonds is 5. The van der Waals surface area contributed by atoms with Crippen molar-refractivity contribution in [2.75, 3.05) is 30.0 Å². The molecule has 0 fully saturated rings. The van der Waals surface area contributed by atoms with Gasteiger partial charge >= 0.3 is 0 Å². The van der Waals surface area contributed by atoms with Crippen molar-refractivity contribution in [3.05, 3.63) is 66.2 Å². The normalized spacial score (nSPS) is 12.1. The van der Waals surface area contributed by atoms with Gasteiger partial charge in [-0.25, -0.2) is 4.99 Å². The monoisotopic (exact) mass is 418 g/mol. The fraction of sp³-hybridized carbons (Fsp3) is 0.174. The molecule has 0 radical (unpaired) electrons. The van der Waals surface area contributed by atoms with E-state index in [0.717, 1.165) is 33.4 Å². The molecule has 0 saturated carbocycles. The number of aryl methyl sites for hydroxylation is 1. The Kier molecular flexibility index (Phi) is 5.72. The van der Waals surface area contributed by atoms with Crippen LogP contribution in [0.5, 0.6) is 0 Å². The SMILES string of the molecule is Cc1ccc(NC(=O)CN(C)C(=O)CSC2=Nc3cccc4cccc(c34)N2)cc1. The smallest absolute Gasteiger partial charge is 0.243 e. The van der Waals surface area contributed by atoms with Crippen LogP contribution in [0, 0.1) is 6.92 Å². The highest BCUT2D eigenvalue weighted by atomic mass is 32.2. The molecule has 1 aliphatic heterocycles. The molecule has 7 heteroatoms. The van der Waals surface area contributed by atoms with E-state index in [1.54, 1.807) is 7.05 Å². The van der Waals surface area contributed by atoms with Crippen molar-refractivity contribution >= 4 is 56.6 Å². The second kappa shape index (κ2) is 8.59. The number of likely N-dealkylation sites (N-methyl/N-ethyl adjacent to an activating group) is 1. The minimum atomic E-state index is -0.228. The number of hydrogen-bond acceptors (Lipinski definition) is 5. The fourth-order valence-corrected chi connectivity index (χ4v) is 4.05. The van der Waals surface area contributed by atoms with Crippen LogP contribution in [-0.4, -0.2) is 41.2 Å². The lowest BCUT2D eigenvalue weighted by atomic mass is 10.1. The third-order valence-electron chi connectivity index (χ3n) is 4.82. The van der Waals surface area contributed by atoms with Crippen molar-refractivity contribution in [2.24, 2.45) is 4.99 Å². The number of anilines is 2. The van der Waals surface area contributed by atoms with Gasteiger partial charge in [-0.1, -0.05) is 53.7 Å². The first kappa shape index (κ1) is 20.0. The average Bonchev–Trinajstić information content (AvgIpc) is 2.74. The van der Waals surface area contributed by atoms with Gasteiger partial charge in [-0.2, -0.15) is 0 Å². The van der Waals surface area contributed by atoms with Crippen molar-refractivity contribution < 1.29 is 9.59 Å². The zero-order chi connectivity index (χ0) is 21.1. The summed E-state index contributed by atoms with van der Waals surface area (Å²) in [6.45, 7) is 1.98. The Bertz CT molecular complexity index is 1140. The molecule has 3 aromatic carbocycles. The van der Waals surface area contributed by atoms with Gasteiger partial charge in [-0.05, 0) is 36.6 Å². The summed E-state index contributed by atoms with van der Waals surface area (Å²) in [5.74, 6) is -0.174. The van der Waals surface area contributed by atoms with E-state index >= 15 is 0 Å². The highest BCUT2D eigenvalue weighted by molar-refractivity contribution is 8.14. The van der Waals surface area contributed by atoms with Gasteiger partial charge in [0.05, 0.1) is 23.7 Å². The molecule has 1 aliphatic rings. The molecule has 6 nitrogen and oxygen atoms in total. The molecule has 3 aromatic rings. The maximum absolute atomic E-state index is 12.5. The minimum Gasteiger partial charge on any atom is -0.336 e. The number of nitrogens with zero attached hydrogens (tertiary/aromatic N) is 2. The average molecular weight is 419 g/mol. The van der Waals surface area contributed by atoms with Crippen molar-refractivity contribution in [1.29, 1.82) is 0 Å². The molecule has 1 heterocycles. The van der Waals surface area contributed by atoms with Gasteiger partial charge in [0.2, 0.25) is 11.8 Å². The van der Waals surface area contributed by atoms with Crippen LogP contribution in [0.3, 0.4) is 0 Å². The third kappa shape index (κ3) is 4.46. The van der Waals surface area contributed by atoms with Crippen molar-refractivity contribution in [3.63, 3.8) is 0 Å². The Hall–Kier alpha value is -3.32. The van der Waals surface area contributed by atoms with E-state index < -0.39 is 0 Å². The van der Waals surface area contributed by atoms with Gasteiger partial charge in [-0.15, -0.1) is 0 Å². The molecule has 0 spiro atoms. The lowest BCUT2D eigenvalue weighted by molar-refractivity contribution is -0.131. The number of amides is 2. The topological polar surface area (TPSA) is 73.8 Å². The molecule has 2 amide bonds. The van der Waals surface area contributed by atoms with Gasteiger partial charge in [0.25, 0.3) is 0 Å². The number of amidine groups is 1. The highest BCUT2D eigenvalue weighted by Crippen LogP contribution is 2.36. The van der Waals surface area contributed by atoms with Crippen molar-refractivity contribution in [2.45, 2.75) is 6.92 Å². The summed E-state index contributed by atoms with van der Waals surface area (Å²) in [4.78, 5) is 30.8. The van der Waals surface area contributed by atoms with Crippen LogP contribution < -0.4 is 10.6 Å². The molecular weight excluding hydrogens is 396 g/mol. The number of carbonyl (C=O) groups is 2. The maximum Gasteiger partial charge on any atom is 0.243 e. The standard InChI is InChI=1S/C23H22N4O2S/c1-15-9-11-17(12-10-15)24-20(28)13-27(2)21(29)14-30-23-25-18-7-3-5-16-6-4-8-19(26-23)22(16)18/h3-12H,13-14H2,1-2H3,(H,24,28)(H,25,26). The van der Waals surface area contributed by atoms with Gasteiger partial charge < -0.3 is 15.5 Å². The number of carbonyl (C=O) groups excluding carboxylic acids is 2. The molecule has 2 N–H and O–H groups in total. The van der Waals surface area contributed by atoms with Crippen LogP contribution in [0.25, 0.3) is 10.8 Å². The quantitative estimate of drug-likeness (QED) is 0.644. The van der Waals surface area contributed by atoms with E-state index in [-0.39, 0.29) is 24.1 Å². The lowest BCUT2D eigenvalue weighted by Gasteiger charge is -2.20. The number of nitrogens with one attached hydrogen (secondary N) is 2. The van der Waals surface area contributed by atoms with E-state index in [4.69, 9.17) is 0 Å². The molecule has 0 atom stereocenters. The molecular formula is C23H22N4O2S. The number of benzene rings is 3. The van der Waals surface area contributed by atoms with Gasteiger partial charge in [-0.3, -0.25) is 9.59 Å². The van der Waals surface area contributed by atoms with E-state index in [0.29, 0.717) is 5.17 Å². The summed E-state index contributed by atoms with van der Waals surface area (Å²) in [7, 11) is 1.63. The van der Waals surface area contributed by atoms with Crippen LogP contribution in [0.15, 0.2) is 65.7 Å². The number of thioether (sulfide) groups is 1. The summed E-state index contributed by atoms with van der Waals surface area (Å²) in [5, 5.41) is 8.99. The minimum absolute atomic E-state index is 0.00465. The molecule has 0 unspecified atom stereocenters. The molecule has 152 valence electrons.